The Kier molecular flexibility index (Phi) is 11.2. The average molecular weight is 388 g/mol. The molecule has 0 saturated heterocycles. The average Bonchev–Trinajstić information content (AvgIpc) is 2.50. The smallest absolute Gasteiger partial charge is 0.529 e. The van der Waals surface area contributed by atoms with Crippen LogP contribution in [0, 0.1) is 47.3 Å². The molecule has 1 aromatic carbocycles. The summed E-state index contributed by atoms with van der Waals surface area (Å²) in [6.45, 7) is 9.50. The van der Waals surface area contributed by atoms with E-state index in [1.807, 2.05) is 27.7 Å². The molecule has 120 valence electrons. The number of hydrogen-bond donors (Lipinski definition) is 0. The third kappa shape index (κ3) is 5.22. The third-order valence-electron chi connectivity index (χ3n) is 3.89. The van der Waals surface area contributed by atoms with Gasteiger partial charge in [0.2, 0.25) is 0 Å². The first-order chi connectivity index (χ1) is 9.88. The molecule has 3 nitrogen and oxygen atoms in total. The first-order valence-electron chi connectivity index (χ1n) is 6.67. The van der Waals surface area contributed by atoms with Crippen LogP contribution in [0.25, 0.3) is 0 Å². The van der Waals surface area contributed by atoms with Crippen LogP contribution in [-0.2, 0) is 42.2 Å². The van der Waals surface area contributed by atoms with E-state index in [0.29, 0.717) is 11.1 Å². The zero-order chi connectivity index (χ0) is 16.2. The van der Waals surface area contributed by atoms with Crippen molar-refractivity contribution in [1.82, 2.24) is 0 Å². The van der Waals surface area contributed by atoms with Crippen molar-refractivity contribution in [2.45, 2.75) is 34.6 Å². The molecule has 0 aromatic heterocycles. The van der Waals surface area contributed by atoms with E-state index in [1.165, 1.54) is 13.2 Å². The van der Waals surface area contributed by atoms with Gasteiger partial charge in [-0.25, -0.2) is 18.2 Å². The van der Waals surface area contributed by atoms with E-state index in [-0.39, 0.29) is 45.7 Å². The number of hydrogen-bond acceptors (Lipinski definition) is 3. The summed E-state index contributed by atoms with van der Waals surface area (Å²) in [6, 6.07) is 0. The van der Waals surface area contributed by atoms with Crippen molar-refractivity contribution in [3.8, 4) is 0 Å². The maximum atomic E-state index is 11.5. The molecule has 0 heterocycles. The zero-order valence-electron chi connectivity index (χ0n) is 15.0. The predicted octanol–water partition coefficient (Wildman–Crippen LogP) is 3.81. The van der Waals surface area contributed by atoms with Crippen molar-refractivity contribution < 1.29 is 47.0 Å². The number of carbonyl (C=O) groups is 2. The van der Waals surface area contributed by atoms with Gasteiger partial charge < -0.3 is 21.8 Å². The fourth-order valence-electron chi connectivity index (χ4n) is 2.16. The Morgan fingerprint density at radius 1 is 1.04 bits per heavy atom. The molecule has 0 bridgehead atoms. The molecule has 0 atom stereocenters. The minimum Gasteiger partial charge on any atom is -0.529 e. The van der Waals surface area contributed by atoms with Crippen LogP contribution in [0.15, 0.2) is 11.6 Å². The van der Waals surface area contributed by atoms with Gasteiger partial charge in [-0.2, -0.15) is 5.57 Å². The first kappa shape index (κ1) is 24.2. The standard InChI is InChI=1S/C18H20O3.CH3.Y/c1-7-15(18(20)21-6)8-9-16-13(4)11(2)12(3)14(5)17(16)10-19;;/h8,10H,1-6H3;1H3;/q-2;-1;+3. The molecule has 1 rings (SSSR count). The van der Waals surface area contributed by atoms with Gasteiger partial charge in [0.05, 0.1) is 7.11 Å². The van der Waals surface area contributed by atoms with E-state index < -0.39 is 5.97 Å². The molecule has 0 spiro atoms. The topological polar surface area (TPSA) is 43.4 Å². The number of allylic oxidation sites excluding steroid dienone is 1. The van der Waals surface area contributed by atoms with Gasteiger partial charge in [0, 0.05) is 0 Å². The van der Waals surface area contributed by atoms with Crippen LogP contribution in [0.2, 0.25) is 0 Å². The molecular weight excluding hydrogens is 365 g/mol. The van der Waals surface area contributed by atoms with E-state index in [0.717, 1.165) is 28.5 Å². The van der Waals surface area contributed by atoms with Gasteiger partial charge in [-0.05, 0) is 20.8 Å². The number of carbonyl (C=O) groups excluding carboxylic acids is 2. The van der Waals surface area contributed by atoms with Crippen LogP contribution in [0.1, 0.15) is 45.1 Å². The Morgan fingerprint density at radius 2 is 1.57 bits per heavy atom. The van der Waals surface area contributed by atoms with Gasteiger partial charge in [0.15, 0.2) is 5.97 Å². The zero-order valence-corrected chi connectivity index (χ0v) is 17.8. The summed E-state index contributed by atoms with van der Waals surface area (Å²) in [7, 11) is 1.32. The van der Waals surface area contributed by atoms with Gasteiger partial charge in [-0.15, -0.1) is 18.1 Å². The Morgan fingerprint density at radius 3 is 2.00 bits per heavy atom. The van der Waals surface area contributed by atoms with Crippen molar-refractivity contribution in [3.05, 3.63) is 64.6 Å². The SMILES string of the molecule is C[C-]=C(C=[C-]c1c(C)c(C)c(C)c(C)c1C=O)C(=O)OC.[CH3-].[Y+3]. The molecule has 0 radical (unpaired) electrons. The molecule has 0 fully saturated rings. The molecule has 1 aromatic rings. The fraction of sp³-hybridized carbons (Fsp3) is 0.316. The second-order valence-corrected chi connectivity index (χ2v) is 4.85. The third-order valence-corrected chi connectivity index (χ3v) is 3.89. The maximum absolute atomic E-state index is 11.5. The molecule has 23 heavy (non-hydrogen) atoms. The normalized spacial score (nSPS) is 10.8. The number of rotatable bonds is 4. The van der Waals surface area contributed by atoms with Crippen LogP contribution < -0.4 is 0 Å². The Hall–Kier alpha value is -1.06. The maximum Gasteiger partial charge on any atom is 3.00 e. The van der Waals surface area contributed by atoms with Crippen molar-refractivity contribution in [2.75, 3.05) is 7.11 Å². The summed E-state index contributed by atoms with van der Waals surface area (Å²) in [5.74, 6) is -0.476. The van der Waals surface area contributed by atoms with E-state index in [4.69, 9.17) is 0 Å². The number of benzene rings is 1. The summed E-state index contributed by atoms with van der Waals surface area (Å²) in [5, 5.41) is 0. The van der Waals surface area contributed by atoms with Crippen molar-refractivity contribution >= 4 is 12.3 Å². The Balaban J connectivity index is 0. The van der Waals surface area contributed by atoms with Gasteiger partial charge in [-0.3, -0.25) is 0 Å². The summed E-state index contributed by atoms with van der Waals surface area (Å²) in [6.07, 6.45) is 8.15. The van der Waals surface area contributed by atoms with Gasteiger partial charge in [-0.1, -0.05) is 29.2 Å². The Bertz CT molecular complexity index is 641. The second-order valence-electron chi connectivity index (χ2n) is 4.85. The van der Waals surface area contributed by atoms with Crippen LogP contribution in [-0.4, -0.2) is 19.4 Å². The molecule has 0 aliphatic rings. The molecule has 0 aliphatic carbocycles. The largest absolute Gasteiger partial charge is 3.00 e. The van der Waals surface area contributed by atoms with Crippen LogP contribution in [0.4, 0.5) is 0 Å². The van der Waals surface area contributed by atoms with Crippen molar-refractivity contribution in [3.63, 3.8) is 0 Å². The van der Waals surface area contributed by atoms with Crippen molar-refractivity contribution in [1.29, 1.82) is 0 Å². The molecule has 0 saturated carbocycles. The number of ether oxygens (including phenoxy) is 1. The van der Waals surface area contributed by atoms with Crippen LogP contribution in [0.3, 0.4) is 0 Å². The number of methoxy groups -OCH3 is 1. The molecule has 0 amide bonds. The minimum absolute atomic E-state index is 0. The van der Waals surface area contributed by atoms with Gasteiger partial charge in [0.1, 0.15) is 6.29 Å². The van der Waals surface area contributed by atoms with Crippen LogP contribution >= 0.6 is 0 Å². The quantitative estimate of drug-likeness (QED) is 0.259. The molecular formula is C19H23O3Y. The summed E-state index contributed by atoms with van der Waals surface area (Å²) in [5.41, 5.74) is 5.74. The van der Waals surface area contributed by atoms with Crippen molar-refractivity contribution in [2.24, 2.45) is 0 Å². The minimum atomic E-state index is -0.476. The fourth-order valence-corrected chi connectivity index (χ4v) is 2.16. The van der Waals surface area contributed by atoms with E-state index in [1.54, 1.807) is 6.92 Å². The van der Waals surface area contributed by atoms with E-state index >= 15 is 0 Å². The number of aldehydes is 1. The van der Waals surface area contributed by atoms with Gasteiger partial charge >= 0.3 is 32.7 Å². The molecule has 0 N–H and O–H groups in total. The first-order valence-corrected chi connectivity index (χ1v) is 6.67. The summed E-state index contributed by atoms with van der Waals surface area (Å²) in [4.78, 5) is 22.9. The van der Waals surface area contributed by atoms with Gasteiger partial charge in [0.25, 0.3) is 0 Å². The van der Waals surface area contributed by atoms with Crippen LogP contribution in [0.5, 0.6) is 0 Å². The summed E-state index contributed by atoms with van der Waals surface area (Å²) < 4.78 is 4.67. The number of esters is 1. The second kappa shape index (κ2) is 10.7. The Labute approximate surface area is 165 Å². The molecule has 4 heteroatoms. The molecule has 0 aliphatic heterocycles. The monoisotopic (exact) mass is 388 g/mol. The van der Waals surface area contributed by atoms with E-state index in [9.17, 15) is 9.59 Å². The van der Waals surface area contributed by atoms with E-state index in [2.05, 4.69) is 16.9 Å². The molecule has 0 unspecified atom stereocenters. The summed E-state index contributed by atoms with van der Waals surface area (Å²) >= 11 is 0. The predicted molar refractivity (Wildman–Crippen MR) is 88.6 cm³/mol.